The van der Waals surface area contributed by atoms with Crippen molar-refractivity contribution < 1.29 is 19.4 Å². The minimum Gasteiger partial charge on any atom is -0.478 e. The van der Waals surface area contributed by atoms with Crippen LogP contribution in [0.4, 0.5) is 4.79 Å². The summed E-state index contributed by atoms with van der Waals surface area (Å²) in [4.78, 5) is 20.7. The standard InChI is InChI=1S/C9H16N2O4/c1-2-7(8(12)13)3-4-11-5-6-15-9(10)14/h3,11H,2,4-6H2,1H3,(H2,10,14)(H,12,13). The molecule has 0 rings (SSSR count). The summed E-state index contributed by atoms with van der Waals surface area (Å²) in [5.41, 5.74) is 5.10. The Balaban J connectivity index is 3.59. The van der Waals surface area contributed by atoms with Gasteiger partial charge in [0, 0.05) is 18.7 Å². The fourth-order valence-electron chi connectivity index (χ4n) is 0.904. The summed E-state index contributed by atoms with van der Waals surface area (Å²) in [6.07, 6.45) is 1.26. The number of rotatable bonds is 7. The number of carboxylic acids is 1. The molecule has 4 N–H and O–H groups in total. The number of nitrogens with one attached hydrogen (secondary N) is 1. The number of amides is 1. The van der Waals surface area contributed by atoms with Crippen LogP contribution in [-0.2, 0) is 9.53 Å². The molecule has 0 aromatic carbocycles. The number of ether oxygens (including phenoxy) is 1. The number of carbonyl (C=O) groups is 2. The zero-order chi connectivity index (χ0) is 11.7. The molecule has 0 radical (unpaired) electrons. The van der Waals surface area contributed by atoms with Crippen LogP contribution in [0.2, 0.25) is 0 Å². The maximum Gasteiger partial charge on any atom is 0.404 e. The molecule has 0 bridgehead atoms. The van der Waals surface area contributed by atoms with E-state index in [9.17, 15) is 9.59 Å². The van der Waals surface area contributed by atoms with Crippen molar-refractivity contribution in [1.82, 2.24) is 5.32 Å². The monoisotopic (exact) mass is 216 g/mol. The van der Waals surface area contributed by atoms with Gasteiger partial charge in [-0.15, -0.1) is 0 Å². The Morgan fingerprint density at radius 3 is 2.67 bits per heavy atom. The molecule has 6 nitrogen and oxygen atoms in total. The van der Waals surface area contributed by atoms with E-state index >= 15 is 0 Å². The van der Waals surface area contributed by atoms with E-state index in [0.29, 0.717) is 25.1 Å². The van der Waals surface area contributed by atoms with Crippen molar-refractivity contribution in [2.24, 2.45) is 5.73 Å². The van der Waals surface area contributed by atoms with Crippen LogP contribution in [0.25, 0.3) is 0 Å². The maximum absolute atomic E-state index is 10.6. The number of nitrogens with two attached hydrogens (primary N) is 1. The van der Waals surface area contributed by atoms with E-state index in [4.69, 9.17) is 10.8 Å². The van der Waals surface area contributed by atoms with Gasteiger partial charge in [-0.3, -0.25) is 0 Å². The third-order valence-corrected chi connectivity index (χ3v) is 1.67. The van der Waals surface area contributed by atoms with E-state index in [1.807, 2.05) is 0 Å². The Morgan fingerprint density at radius 1 is 1.53 bits per heavy atom. The first-order chi connectivity index (χ1) is 7.07. The van der Waals surface area contributed by atoms with E-state index in [1.54, 1.807) is 13.0 Å². The molecule has 0 unspecified atom stereocenters. The largest absolute Gasteiger partial charge is 0.478 e. The highest BCUT2D eigenvalue weighted by molar-refractivity contribution is 5.86. The molecule has 6 heteroatoms. The van der Waals surface area contributed by atoms with Crippen LogP contribution >= 0.6 is 0 Å². The summed E-state index contributed by atoms with van der Waals surface area (Å²) in [7, 11) is 0. The lowest BCUT2D eigenvalue weighted by molar-refractivity contribution is -0.132. The molecule has 0 aliphatic rings. The highest BCUT2D eigenvalue weighted by Crippen LogP contribution is 1.98. The lowest BCUT2D eigenvalue weighted by Crippen LogP contribution is -2.24. The van der Waals surface area contributed by atoms with Crippen molar-refractivity contribution in [3.05, 3.63) is 11.6 Å². The third kappa shape index (κ3) is 7.51. The lowest BCUT2D eigenvalue weighted by Gasteiger charge is -2.02. The van der Waals surface area contributed by atoms with E-state index in [1.165, 1.54) is 0 Å². The second-order valence-corrected chi connectivity index (χ2v) is 2.76. The van der Waals surface area contributed by atoms with Gasteiger partial charge in [-0.1, -0.05) is 13.0 Å². The number of primary amides is 1. The molecule has 0 saturated heterocycles. The number of hydrogen-bond acceptors (Lipinski definition) is 4. The van der Waals surface area contributed by atoms with Crippen LogP contribution in [0.5, 0.6) is 0 Å². The van der Waals surface area contributed by atoms with Crippen LogP contribution in [0.3, 0.4) is 0 Å². The summed E-state index contributed by atoms with van der Waals surface area (Å²) in [5.74, 6) is -0.910. The summed E-state index contributed by atoms with van der Waals surface area (Å²) < 4.78 is 4.46. The van der Waals surface area contributed by atoms with Gasteiger partial charge >= 0.3 is 12.1 Å². The Morgan fingerprint density at radius 2 is 2.20 bits per heavy atom. The van der Waals surface area contributed by atoms with Crippen molar-refractivity contribution >= 4 is 12.1 Å². The van der Waals surface area contributed by atoms with Gasteiger partial charge in [-0.05, 0) is 6.42 Å². The summed E-state index contributed by atoms with van der Waals surface area (Å²) in [6.45, 7) is 2.82. The van der Waals surface area contributed by atoms with Crippen molar-refractivity contribution in [3.8, 4) is 0 Å². The van der Waals surface area contributed by atoms with Gasteiger partial charge in [0.25, 0.3) is 0 Å². The van der Waals surface area contributed by atoms with Crippen LogP contribution in [-0.4, -0.2) is 36.9 Å². The topological polar surface area (TPSA) is 102 Å². The first-order valence-corrected chi connectivity index (χ1v) is 4.63. The molecular formula is C9H16N2O4. The van der Waals surface area contributed by atoms with Gasteiger partial charge < -0.3 is 20.9 Å². The SMILES string of the molecule is CCC(=CCNCCOC(N)=O)C(=O)O. The van der Waals surface area contributed by atoms with Crippen molar-refractivity contribution in [1.29, 1.82) is 0 Å². The smallest absolute Gasteiger partial charge is 0.404 e. The van der Waals surface area contributed by atoms with Gasteiger partial charge in [0.1, 0.15) is 6.61 Å². The maximum atomic E-state index is 10.6. The molecule has 0 atom stereocenters. The number of aliphatic carboxylic acids is 1. The van der Waals surface area contributed by atoms with Gasteiger partial charge in [-0.25, -0.2) is 9.59 Å². The molecule has 15 heavy (non-hydrogen) atoms. The van der Waals surface area contributed by atoms with Crippen LogP contribution in [0.15, 0.2) is 11.6 Å². The van der Waals surface area contributed by atoms with Crippen LogP contribution in [0.1, 0.15) is 13.3 Å². The Labute approximate surface area is 88.1 Å². The normalized spacial score (nSPS) is 11.1. The molecular weight excluding hydrogens is 200 g/mol. The predicted octanol–water partition coefficient (Wildman–Crippen LogP) is 0.0923. The summed E-state index contributed by atoms with van der Waals surface area (Å²) >= 11 is 0. The Kier molecular flexibility index (Phi) is 7.00. The zero-order valence-corrected chi connectivity index (χ0v) is 8.66. The Hall–Kier alpha value is -1.56. The fraction of sp³-hybridized carbons (Fsp3) is 0.556. The molecule has 1 amide bonds. The Bertz CT molecular complexity index is 250. The van der Waals surface area contributed by atoms with E-state index in [0.717, 1.165) is 0 Å². The van der Waals surface area contributed by atoms with Crippen LogP contribution in [0, 0.1) is 0 Å². The molecule has 0 fully saturated rings. The zero-order valence-electron chi connectivity index (χ0n) is 8.66. The lowest BCUT2D eigenvalue weighted by atomic mass is 10.2. The first kappa shape index (κ1) is 13.4. The second-order valence-electron chi connectivity index (χ2n) is 2.76. The number of carboxylic acid groups (broad SMARTS) is 1. The third-order valence-electron chi connectivity index (χ3n) is 1.67. The second kappa shape index (κ2) is 7.81. The summed E-state index contributed by atoms with van der Waals surface area (Å²) in [5, 5.41) is 11.6. The first-order valence-electron chi connectivity index (χ1n) is 4.63. The molecule has 0 heterocycles. The molecule has 0 saturated carbocycles. The molecule has 0 aliphatic carbocycles. The average Bonchev–Trinajstić information content (AvgIpc) is 2.15. The minimum atomic E-state index is -0.910. The number of hydrogen-bond donors (Lipinski definition) is 3. The highest BCUT2D eigenvalue weighted by atomic mass is 16.5. The van der Waals surface area contributed by atoms with Gasteiger partial charge in [0.05, 0.1) is 0 Å². The summed E-state index contributed by atoms with van der Waals surface area (Å²) in [6, 6.07) is 0. The van der Waals surface area contributed by atoms with Crippen molar-refractivity contribution in [2.75, 3.05) is 19.7 Å². The number of carbonyl (C=O) groups excluding carboxylic acids is 1. The van der Waals surface area contributed by atoms with Crippen molar-refractivity contribution in [2.45, 2.75) is 13.3 Å². The van der Waals surface area contributed by atoms with E-state index in [-0.39, 0.29) is 6.61 Å². The fourth-order valence-corrected chi connectivity index (χ4v) is 0.904. The molecule has 0 spiro atoms. The highest BCUT2D eigenvalue weighted by Gasteiger charge is 2.02. The van der Waals surface area contributed by atoms with Gasteiger partial charge in [0.15, 0.2) is 0 Å². The molecule has 86 valence electrons. The predicted molar refractivity (Wildman–Crippen MR) is 54.4 cm³/mol. The van der Waals surface area contributed by atoms with Gasteiger partial charge in [-0.2, -0.15) is 0 Å². The van der Waals surface area contributed by atoms with Gasteiger partial charge in [0.2, 0.25) is 0 Å². The van der Waals surface area contributed by atoms with Crippen LogP contribution < -0.4 is 11.1 Å². The van der Waals surface area contributed by atoms with Crippen molar-refractivity contribution in [3.63, 3.8) is 0 Å². The molecule has 0 aromatic heterocycles. The van der Waals surface area contributed by atoms with E-state index in [2.05, 4.69) is 10.1 Å². The molecule has 0 aromatic rings. The van der Waals surface area contributed by atoms with E-state index < -0.39 is 12.1 Å². The molecule has 0 aliphatic heterocycles. The quantitative estimate of drug-likeness (QED) is 0.413. The average molecular weight is 216 g/mol. The minimum absolute atomic E-state index is 0.178.